The number of rotatable bonds is 2. The van der Waals surface area contributed by atoms with Crippen molar-refractivity contribution in [2.24, 2.45) is 5.41 Å². The zero-order valence-electron chi connectivity index (χ0n) is 14.1. The van der Waals surface area contributed by atoms with E-state index >= 15 is 0 Å². The summed E-state index contributed by atoms with van der Waals surface area (Å²) >= 11 is 0. The Morgan fingerprint density at radius 3 is 2.91 bits per heavy atom. The molecule has 0 amide bonds. The largest absolute Gasteiger partial charge is 0.393 e. The third-order valence-corrected chi connectivity index (χ3v) is 5.79. The Hall–Kier alpha value is -1.46. The van der Waals surface area contributed by atoms with Gasteiger partial charge in [0.15, 0.2) is 5.65 Å². The fourth-order valence-corrected chi connectivity index (χ4v) is 4.66. The van der Waals surface area contributed by atoms with Crippen molar-refractivity contribution in [3.05, 3.63) is 29.2 Å². The molecule has 1 aliphatic heterocycles. The van der Waals surface area contributed by atoms with Gasteiger partial charge in [0.25, 0.3) is 0 Å². The van der Waals surface area contributed by atoms with Crippen molar-refractivity contribution in [3.63, 3.8) is 0 Å². The molecule has 2 aliphatic rings. The van der Waals surface area contributed by atoms with Gasteiger partial charge in [0.2, 0.25) is 0 Å². The number of likely N-dealkylation sites (tertiary alicyclic amines) is 1. The molecule has 1 saturated heterocycles. The Morgan fingerprint density at radius 2 is 2.13 bits per heavy atom. The molecule has 0 bridgehead atoms. The van der Waals surface area contributed by atoms with E-state index in [1.165, 1.54) is 31.2 Å². The Morgan fingerprint density at radius 1 is 1.30 bits per heavy atom. The first-order valence-electron chi connectivity index (χ1n) is 8.79. The Balaban J connectivity index is 1.58. The summed E-state index contributed by atoms with van der Waals surface area (Å²) in [5, 5.41) is 14.9. The second kappa shape index (κ2) is 5.56. The first-order valence-corrected chi connectivity index (χ1v) is 8.79. The highest BCUT2D eigenvalue weighted by Crippen LogP contribution is 2.45. The van der Waals surface area contributed by atoms with E-state index in [0.717, 1.165) is 43.1 Å². The van der Waals surface area contributed by atoms with Crippen molar-refractivity contribution in [2.45, 2.75) is 58.6 Å². The monoisotopic (exact) mass is 314 g/mol. The van der Waals surface area contributed by atoms with Gasteiger partial charge in [-0.2, -0.15) is 5.10 Å². The van der Waals surface area contributed by atoms with Crippen LogP contribution < -0.4 is 0 Å². The Labute approximate surface area is 137 Å². The molecule has 1 saturated carbocycles. The molecule has 2 atom stereocenters. The Kier molecular flexibility index (Phi) is 3.65. The van der Waals surface area contributed by atoms with Crippen LogP contribution >= 0.6 is 0 Å². The quantitative estimate of drug-likeness (QED) is 0.925. The summed E-state index contributed by atoms with van der Waals surface area (Å²) in [7, 11) is 0. The van der Waals surface area contributed by atoms with Crippen LogP contribution in [0.1, 0.15) is 49.1 Å². The predicted octanol–water partition coefficient (Wildman–Crippen LogP) is 2.47. The van der Waals surface area contributed by atoms with Gasteiger partial charge in [0.05, 0.1) is 12.3 Å². The molecule has 1 aliphatic carbocycles. The van der Waals surface area contributed by atoms with E-state index in [-0.39, 0.29) is 11.5 Å². The fourth-order valence-electron chi connectivity index (χ4n) is 4.66. The van der Waals surface area contributed by atoms with Crippen LogP contribution in [0.3, 0.4) is 0 Å². The van der Waals surface area contributed by atoms with E-state index < -0.39 is 0 Å². The standard InChI is InChI=1S/C18H26N4O/c1-13-9-14(2)22-17(20-13)15(10-19-22)11-21-8-4-7-18(12-21)6-3-5-16(18)23/h9-10,16,23H,3-8,11-12H2,1-2H3/t16-,18+/m1/s1. The molecule has 2 aromatic heterocycles. The molecular weight excluding hydrogens is 288 g/mol. The van der Waals surface area contributed by atoms with Gasteiger partial charge < -0.3 is 5.11 Å². The molecular formula is C18H26N4O. The number of fused-ring (bicyclic) bond motifs is 1. The summed E-state index contributed by atoms with van der Waals surface area (Å²) in [5.74, 6) is 0. The summed E-state index contributed by atoms with van der Waals surface area (Å²) in [6, 6.07) is 2.06. The van der Waals surface area contributed by atoms with E-state index in [1.807, 2.05) is 17.6 Å². The molecule has 4 rings (SSSR count). The number of hydrogen-bond acceptors (Lipinski definition) is 4. The van der Waals surface area contributed by atoms with Crippen LogP contribution in [0.4, 0.5) is 0 Å². The fraction of sp³-hybridized carbons (Fsp3) is 0.667. The number of aryl methyl sites for hydroxylation is 2. The maximum atomic E-state index is 10.4. The minimum Gasteiger partial charge on any atom is -0.393 e. The van der Waals surface area contributed by atoms with E-state index in [1.54, 1.807) is 0 Å². The highest BCUT2D eigenvalue weighted by Gasteiger charge is 2.44. The van der Waals surface area contributed by atoms with Crippen molar-refractivity contribution in [3.8, 4) is 0 Å². The molecule has 1 N–H and O–H groups in total. The van der Waals surface area contributed by atoms with Crippen molar-refractivity contribution >= 4 is 5.65 Å². The van der Waals surface area contributed by atoms with E-state index in [4.69, 9.17) is 4.98 Å². The van der Waals surface area contributed by atoms with Gasteiger partial charge in [0.1, 0.15) is 0 Å². The molecule has 1 spiro atoms. The van der Waals surface area contributed by atoms with Crippen LogP contribution in [0.15, 0.2) is 12.3 Å². The zero-order chi connectivity index (χ0) is 16.0. The third kappa shape index (κ3) is 2.56. The van der Waals surface area contributed by atoms with Gasteiger partial charge in [-0.25, -0.2) is 9.50 Å². The summed E-state index contributed by atoms with van der Waals surface area (Å²) < 4.78 is 1.94. The molecule has 23 heavy (non-hydrogen) atoms. The lowest BCUT2D eigenvalue weighted by atomic mass is 9.76. The predicted molar refractivity (Wildman–Crippen MR) is 89.3 cm³/mol. The third-order valence-electron chi connectivity index (χ3n) is 5.79. The maximum Gasteiger partial charge on any atom is 0.159 e. The molecule has 5 heteroatoms. The number of nitrogens with zero attached hydrogens (tertiary/aromatic N) is 4. The normalized spacial score (nSPS) is 28.9. The number of piperidine rings is 1. The van der Waals surface area contributed by atoms with Crippen molar-refractivity contribution in [1.29, 1.82) is 0 Å². The van der Waals surface area contributed by atoms with Crippen LogP contribution in [-0.4, -0.2) is 43.8 Å². The van der Waals surface area contributed by atoms with Gasteiger partial charge in [-0.3, -0.25) is 4.90 Å². The summed E-state index contributed by atoms with van der Waals surface area (Å²) in [6.07, 6.45) is 7.53. The summed E-state index contributed by atoms with van der Waals surface area (Å²) in [5.41, 5.74) is 4.48. The van der Waals surface area contributed by atoms with Crippen molar-refractivity contribution in [1.82, 2.24) is 19.5 Å². The lowest BCUT2D eigenvalue weighted by Gasteiger charge is -2.42. The number of hydrogen-bond donors (Lipinski definition) is 1. The SMILES string of the molecule is Cc1cc(C)n2ncc(CN3CCC[C@@]4(CCC[C@H]4O)C3)c2n1. The molecule has 124 valence electrons. The van der Waals surface area contributed by atoms with Gasteiger partial charge in [0, 0.05) is 35.5 Å². The molecule has 5 nitrogen and oxygen atoms in total. The van der Waals surface area contributed by atoms with Crippen LogP contribution in [0.25, 0.3) is 5.65 Å². The minimum absolute atomic E-state index is 0.114. The molecule has 2 fully saturated rings. The van der Waals surface area contributed by atoms with Crippen LogP contribution in [-0.2, 0) is 6.54 Å². The minimum atomic E-state index is -0.114. The topological polar surface area (TPSA) is 53.7 Å². The number of aliphatic hydroxyl groups is 1. The summed E-state index contributed by atoms with van der Waals surface area (Å²) in [4.78, 5) is 7.18. The number of aromatic nitrogens is 3. The summed E-state index contributed by atoms with van der Waals surface area (Å²) in [6.45, 7) is 7.11. The first-order chi connectivity index (χ1) is 11.1. The van der Waals surface area contributed by atoms with E-state index in [0.29, 0.717) is 0 Å². The molecule has 0 aromatic carbocycles. The smallest absolute Gasteiger partial charge is 0.159 e. The Bertz CT molecular complexity index is 725. The number of aliphatic hydroxyl groups excluding tert-OH is 1. The average molecular weight is 314 g/mol. The lowest BCUT2D eigenvalue weighted by molar-refractivity contribution is -0.0119. The second-order valence-electron chi connectivity index (χ2n) is 7.53. The zero-order valence-corrected chi connectivity index (χ0v) is 14.1. The van der Waals surface area contributed by atoms with E-state index in [2.05, 4.69) is 23.0 Å². The molecule has 0 radical (unpaired) electrons. The van der Waals surface area contributed by atoms with E-state index in [9.17, 15) is 5.11 Å². The van der Waals surface area contributed by atoms with Gasteiger partial charge in [-0.15, -0.1) is 0 Å². The van der Waals surface area contributed by atoms with Gasteiger partial charge >= 0.3 is 0 Å². The van der Waals surface area contributed by atoms with Crippen LogP contribution in [0.5, 0.6) is 0 Å². The van der Waals surface area contributed by atoms with Crippen molar-refractivity contribution < 1.29 is 5.11 Å². The maximum absolute atomic E-state index is 10.4. The lowest BCUT2D eigenvalue weighted by Crippen LogP contribution is -2.46. The molecule has 2 aromatic rings. The first kappa shape index (κ1) is 15.1. The second-order valence-corrected chi connectivity index (χ2v) is 7.53. The average Bonchev–Trinajstić information content (AvgIpc) is 3.05. The molecule has 3 heterocycles. The van der Waals surface area contributed by atoms with Gasteiger partial charge in [-0.05, 0) is 52.1 Å². The van der Waals surface area contributed by atoms with Gasteiger partial charge in [-0.1, -0.05) is 6.42 Å². The molecule has 0 unspecified atom stereocenters. The van der Waals surface area contributed by atoms with Crippen LogP contribution in [0, 0.1) is 19.3 Å². The highest BCUT2D eigenvalue weighted by molar-refractivity contribution is 5.47. The van der Waals surface area contributed by atoms with Crippen LogP contribution in [0.2, 0.25) is 0 Å². The highest BCUT2D eigenvalue weighted by atomic mass is 16.3. The van der Waals surface area contributed by atoms with Crippen molar-refractivity contribution in [2.75, 3.05) is 13.1 Å².